The van der Waals surface area contributed by atoms with Gasteiger partial charge < -0.3 is 25.3 Å². The van der Waals surface area contributed by atoms with Crippen LogP contribution in [0.3, 0.4) is 0 Å². The summed E-state index contributed by atoms with van der Waals surface area (Å²) >= 11 is 0. The number of nitrogens with one attached hydrogen (secondary N) is 1. The predicted octanol–water partition coefficient (Wildman–Crippen LogP) is 4.48. The molecule has 2 atom stereocenters. The SMILES string of the molecule is CCOC(=O)/C=C/c1cccc2cc(CO[C@H](C)[C@H](CCC(N)=O)NC(=O)OC(C)(C)C)ccc12. The average Bonchev–Trinajstić information content (AvgIpc) is 2.77. The summed E-state index contributed by atoms with van der Waals surface area (Å²) in [5.74, 6) is -0.829. The number of alkyl carbamates (subject to hydrolysis) is 1. The summed E-state index contributed by atoms with van der Waals surface area (Å²) in [7, 11) is 0. The monoisotopic (exact) mass is 484 g/mol. The zero-order chi connectivity index (χ0) is 26.0. The summed E-state index contributed by atoms with van der Waals surface area (Å²) in [6.45, 7) is 9.58. The predicted molar refractivity (Wildman–Crippen MR) is 135 cm³/mol. The van der Waals surface area contributed by atoms with Crippen LogP contribution in [0.1, 0.15) is 58.6 Å². The Morgan fingerprint density at radius 3 is 2.54 bits per heavy atom. The number of rotatable bonds is 11. The maximum atomic E-state index is 12.3. The minimum absolute atomic E-state index is 0.117. The van der Waals surface area contributed by atoms with E-state index in [-0.39, 0.29) is 12.4 Å². The molecule has 0 unspecified atom stereocenters. The molecular weight excluding hydrogens is 448 g/mol. The summed E-state index contributed by atoms with van der Waals surface area (Å²) in [5, 5.41) is 4.79. The molecule has 0 aliphatic carbocycles. The van der Waals surface area contributed by atoms with Crippen LogP contribution in [-0.4, -0.2) is 42.3 Å². The number of hydrogen-bond acceptors (Lipinski definition) is 6. The van der Waals surface area contributed by atoms with Gasteiger partial charge in [0.15, 0.2) is 0 Å². The molecule has 0 fully saturated rings. The van der Waals surface area contributed by atoms with E-state index in [1.165, 1.54) is 6.08 Å². The summed E-state index contributed by atoms with van der Waals surface area (Å²) in [4.78, 5) is 35.2. The van der Waals surface area contributed by atoms with Crippen LogP contribution in [0.2, 0.25) is 0 Å². The Morgan fingerprint density at radius 1 is 1.14 bits per heavy atom. The van der Waals surface area contributed by atoms with E-state index in [1.807, 2.05) is 43.3 Å². The fraction of sp³-hybridized carbons (Fsp3) is 0.444. The molecule has 8 heteroatoms. The van der Waals surface area contributed by atoms with Gasteiger partial charge in [0, 0.05) is 12.5 Å². The number of hydrogen-bond donors (Lipinski definition) is 2. The van der Waals surface area contributed by atoms with Gasteiger partial charge in [-0.05, 0) is 75.1 Å². The summed E-state index contributed by atoms with van der Waals surface area (Å²) in [6.07, 6.45) is 2.65. The smallest absolute Gasteiger partial charge is 0.407 e. The summed E-state index contributed by atoms with van der Waals surface area (Å²) < 4.78 is 16.3. The Bertz CT molecular complexity index is 1060. The standard InChI is InChI=1S/C27H36N2O6/c1-6-33-25(31)15-11-20-8-7-9-21-16-19(10-12-22(20)21)17-34-18(2)23(13-14-24(28)30)29-26(32)35-27(3,4)5/h7-12,15-16,18,23H,6,13-14,17H2,1-5H3,(H2,28,30)(H,29,32)/b15-11+/t18-,23+/m1/s1. The highest BCUT2D eigenvalue weighted by molar-refractivity contribution is 5.95. The Hall–Kier alpha value is -3.39. The van der Waals surface area contributed by atoms with E-state index in [9.17, 15) is 14.4 Å². The molecule has 2 aromatic rings. The lowest BCUT2D eigenvalue weighted by Gasteiger charge is -2.27. The molecule has 0 spiro atoms. The molecule has 0 aliphatic rings. The summed E-state index contributed by atoms with van der Waals surface area (Å²) in [5.41, 5.74) is 6.51. The number of fused-ring (bicyclic) bond motifs is 1. The quantitative estimate of drug-likeness (QED) is 0.359. The highest BCUT2D eigenvalue weighted by Gasteiger charge is 2.24. The van der Waals surface area contributed by atoms with Gasteiger partial charge in [0.2, 0.25) is 5.91 Å². The molecule has 0 saturated heterocycles. The number of nitrogens with two attached hydrogens (primary N) is 1. The van der Waals surface area contributed by atoms with E-state index >= 15 is 0 Å². The molecular formula is C27H36N2O6. The molecule has 2 aromatic carbocycles. The second-order valence-electron chi connectivity index (χ2n) is 9.26. The highest BCUT2D eigenvalue weighted by Crippen LogP contribution is 2.23. The maximum Gasteiger partial charge on any atom is 0.407 e. The molecule has 2 rings (SSSR count). The van der Waals surface area contributed by atoms with Gasteiger partial charge in [-0.25, -0.2) is 9.59 Å². The van der Waals surface area contributed by atoms with Gasteiger partial charge in [-0.2, -0.15) is 0 Å². The van der Waals surface area contributed by atoms with Crippen LogP contribution < -0.4 is 11.1 Å². The van der Waals surface area contributed by atoms with Crippen molar-refractivity contribution < 1.29 is 28.6 Å². The molecule has 0 heterocycles. The number of carbonyl (C=O) groups is 3. The Morgan fingerprint density at radius 2 is 1.89 bits per heavy atom. The first kappa shape index (κ1) is 27.9. The molecule has 0 saturated carbocycles. The third-order valence-corrected chi connectivity index (χ3v) is 5.15. The number of carbonyl (C=O) groups excluding carboxylic acids is 3. The third-order valence-electron chi connectivity index (χ3n) is 5.15. The van der Waals surface area contributed by atoms with Gasteiger partial charge in [-0.3, -0.25) is 4.79 Å². The number of ether oxygens (including phenoxy) is 3. The lowest BCUT2D eigenvalue weighted by molar-refractivity contribution is -0.137. The van der Waals surface area contributed by atoms with Crippen molar-refractivity contribution in [2.75, 3.05) is 6.61 Å². The van der Waals surface area contributed by atoms with Gasteiger partial charge in [0.1, 0.15) is 5.60 Å². The van der Waals surface area contributed by atoms with Crippen LogP contribution in [0.4, 0.5) is 4.79 Å². The van der Waals surface area contributed by atoms with Crippen molar-refractivity contribution in [1.82, 2.24) is 5.32 Å². The zero-order valence-electron chi connectivity index (χ0n) is 21.1. The Labute approximate surface area is 206 Å². The van der Waals surface area contributed by atoms with Crippen LogP contribution in [0.5, 0.6) is 0 Å². The topological polar surface area (TPSA) is 117 Å². The Balaban J connectivity index is 2.09. The first-order valence-electron chi connectivity index (χ1n) is 11.7. The normalized spacial score (nSPS) is 13.4. The van der Waals surface area contributed by atoms with E-state index in [0.29, 0.717) is 19.6 Å². The second kappa shape index (κ2) is 12.9. The maximum absolute atomic E-state index is 12.3. The van der Waals surface area contributed by atoms with E-state index in [0.717, 1.165) is 21.9 Å². The van der Waals surface area contributed by atoms with E-state index < -0.39 is 29.7 Å². The minimum Gasteiger partial charge on any atom is -0.463 e. The van der Waals surface area contributed by atoms with Gasteiger partial charge in [0.05, 0.1) is 25.4 Å². The molecule has 0 radical (unpaired) electrons. The number of primary amides is 1. The number of benzene rings is 2. The van der Waals surface area contributed by atoms with Crippen molar-refractivity contribution >= 4 is 34.8 Å². The molecule has 35 heavy (non-hydrogen) atoms. The van der Waals surface area contributed by atoms with E-state index in [2.05, 4.69) is 5.32 Å². The molecule has 2 amide bonds. The van der Waals surface area contributed by atoms with Gasteiger partial charge in [-0.1, -0.05) is 30.3 Å². The molecule has 3 N–H and O–H groups in total. The molecule has 0 aliphatic heterocycles. The fourth-order valence-electron chi connectivity index (χ4n) is 3.47. The lowest BCUT2D eigenvalue weighted by atomic mass is 10.0. The van der Waals surface area contributed by atoms with E-state index in [1.54, 1.807) is 33.8 Å². The Kier molecular flexibility index (Phi) is 10.3. The van der Waals surface area contributed by atoms with Gasteiger partial charge >= 0.3 is 12.1 Å². The molecule has 0 bridgehead atoms. The van der Waals surface area contributed by atoms with Crippen molar-refractivity contribution in [2.24, 2.45) is 5.73 Å². The zero-order valence-corrected chi connectivity index (χ0v) is 21.1. The van der Waals surface area contributed by atoms with Crippen LogP contribution in [0.15, 0.2) is 42.5 Å². The van der Waals surface area contributed by atoms with Crippen molar-refractivity contribution in [1.29, 1.82) is 0 Å². The number of esters is 1. The van der Waals surface area contributed by atoms with Crippen LogP contribution >= 0.6 is 0 Å². The number of amides is 2. The molecule has 190 valence electrons. The summed E-state index contributed by atoms with van der Waals surface area (Å²) in [6, 6.07) is 11.3. The van der Waals surface area contributed by atoms with E-state index in [4.69, 9.17) is 19.9 Å². The third kappa shape index (κ3) is 9.78. The first-order valence-corrected chi connectivity index (χ1v) is 11.7. The average molecular weight is 485 g/mol. The van der Waals surface area contributed by atoms with Crippen molar-refractivity contribution in [3.8, 4) is 0 Å². The highest BCUT2D eigenvalue weighted by atomic mass is 16.6. The van der Waals surface area contributed by atoms with Crippen LogP contribution in [-0.2, 0) is 30.4 Å². The van der Waals surface area contributed by atoms with Crippen molar-refractivity contribution in [3.63, 3.8) is 0 Å². The van der Waals surface area contributed by atoms with Crippen LogP contribution in [0.25, 0.3) is 16.8 Å². The molecule has 8 nitrogen and oxygen atoms in total. The fourth-order valence-corrected chi connectivity index (χ4v) is 3.47. The van der Waals surface area contributed by atoms with Crippen molar-refractivity contribution in [2.45, 2.75) is 71.8 Å². The van der Waals surface area contributed by atoms with Crippen LogP contribution in [0, 0.1) is 0 Å². The second-order valence-corrected chi connectivity index (χ2v) is 9.26. The van der Waals surface area contributed by atoms with Gasteiger partial charge in [-0.15, -0.1) is 0 Å². The lowest BCUT2D eigenvalue weighted by Crippen LogP contribution is -2.45. The van der Waals surface area contributed by atoms with Gasteiger partial charge in [0.25, 0.3) is 0 Å². The molecule has 0 aromatic heterocycles. The van der Waals surface area contributed by atoms with Crippen molar-refractivity contribution in [3.05, 3.63) is 53.6 Å². The largest absolute Gasteiger partial charge is 0.463 e. The first-order chi connectivity index (χ1) is 16.5. The minimum atomic E-state index is -0.641.